The Morgan fingerprint density at radius 3 is 2.66 bits per heavy atom. The predicted molar refractivity (Wildman–Crippen MR) is 120 cm³/mol. The highest BCUT2D eigenvalue weighted by Gasteiger charge is 2.09. The molecule has 6 heteroatoms. The summed E-state index contributed by atoms with van der Waals surface area (Å²) in [6.45, 7) is 1.98. The van der Waals surface area contributed by atoms with Crippen molar-refractivity contribution in [2.75, 3.05) is 5.32 Å². The molecule has 1 N–H and O–H groups in total. The number of rotatable bonds is 6. The number of amides is 1. The molecule has 2 aromatic carbocycles. The maximum Gasteiger partial charge on any atom is 0.255 e. The number of nitrogens with zero attached hydrogens (tertiary/aromatic N) is 2. The fourth-order valence-electron chi connectivity index (χ4n) is 2.78. The van der Waals surface area contributed by atoms with Crippen molar-refractivity contribution in [2.24, 2.45) is 0 Å². The van der Waals surface area contributed by atoms with Crippen LogP contribution in [0.3, 0.4) is 0 Å². The topological polar surface area (TPSA) is 54.9 Å². The third-order valence-corrected chi connectivity index (χ3v) is 6.25. The number of pyridine rings is 1. The monoisotopic (exact) mass is 417 g/mol. The summed E-state index contributed by atoms with van der Waals surface area (Å²) in [4.78, 5) is 21.4. The number of thiazole rings is 1. The molecule has 0 saturated carbocycles. The lowest BCUT2D eigenvalue weighted by atomic mass is 10.1. The Labute approximate surface area is 178 Å². The molecule has 144 valence electrons. The molecule has 0 aliphatic carbocycles. The van der Waals surface area contributed by atoms with Gasteiger partial charge in [0, 0.05) is 39.8 Å². The first-order chi connectivity index (χ1) is 14.2. The molecule has 0 radical (unpaired) electrons. The van der Waals surface area contributed by atoms with Crippen LogP contribution in [0.4, 0.5) is 5.69 Å². The molecular formula is C23H19N3OS2. The number of aromatic nitrogens is 2. The van der Waals surface area contributed by atoms with Crippen molar-refractivity contribution in [2.45, 2.75) is 17.7 Å². The van der Waals surface area contributed by atoms with E-state index < -0.39 is 0 Å². The smallest absolute Gasteiger partial charge is 0.255 e. The van der Waals surface area contributed by atoms with Crippen molar-refractivity contribution in [1.29, 1.82) is 0 Å². The van der Waals surface area contributed by atoms with Crippen molar-refractivity contribution < 1.29 is 4.79 Å². The van der Waals surface area contributed by atoms with Crippen LogP contribution in [0.5, 0.6) is 0 Å². The Morgan fingerprint density at radius 2 is 1.93 bits per heavy atom. The normalized spacial score (nSPS) is 10.7. The fourth-order valence-corrected chi connectivity index (χ4v) is 4.39. The van der Waals surface area contributed by atoms with Crippen LogP contribution in [0.15, 0.2) is 83.3 Å². The first-order valence-corrected chi connectivity index (χ1v) is 11.0. The Kier molecular flexibility index (Phi) is 6.03. The average Bonchev–Trinajstić information content (AvgIpc) is 3.20. The molecule has 2 heterocycles. The van der Waals surface area contributed by atoms with Gasteiger partial charge in [0.1, 0.15) is 5.01 Å². The number of carbonyl (C=O) groups excluding carboxylic acids is 1. The maximum atomic E-state index is 12.6. The van der Waals surface area contributed by atoms with E-state index in [1.807, 2.05) is 73.0 Å². The number of aryl methyl sites for hydroxylation is 1. The first-order valence-electron chi connectivity index (χ1n) is 9.14. The molecule has 4 nitrogen and oxygen atoms in total. The number of benzene rings is 2. The minimum atomic E-state index is -0.124. The van der Waals surface area contributed by atoms with Gasteiger partial charge < -0.3 is 5.32 Å². The molecule has 0 fully saturated rings. The fraction of sp³-hybridized carbons (Fsp3) is 0.0870. The molecule has 2 aromatic heterocycles. The van der Waals surface area contributed by atoms with Gasteiger partial charge in [-0.05, 0) is 48.9 Å². The molecule has 0 bridgehead atoms. The molecule has 0 aliphatic rings. The first kappa shape index (κ1) is 19.4. The van der Waals surface area contributed by atoms with E-state index in [-0.39, 0.29) is 5.91 Å². The Balaban J connectivity index is 1.40. The van der Waals surface area contributed by atoms with Gasteiger partial charge in [-0.3, -0.25) is 4.79 Å². The van der Waals surface area contributed by atoms with Crippen LogP contribution in [0.25, 0.3) is 10.6 Å². The van der Waals surface area contributed by atoms with Crippen molar-refractivity contribution in [3.8, 4) is 10.6 Å². The standard InChI is InChI=1S/C23H19N3OS2/c1-16-14-29-23(25-16)19-10-8-18(9-11-19)22(27)26-20-6-4-5-17(13-20)15-28-21-7-2-3-12-24-21/h2-14H,15H2,1H3,(H,26,27). The lowest BCUT2D eigenvalue weighted by molar-refractivity contribution is 0.102. The predicted octanol–water partition coefficient (Wildman–Crippen LogP) is 6.06. The summed E-state index contributed by atoms with van der Waals surface area (Å²) in [7, 11) is 0. The SMILES string of the molecule is Cc1csc(-c2ccc(C(=O)Nc3cccc(CSc4ccccn4)c3)cc2)n1. The summed E-state index contributed by atoms with van der Waals surface area (Å²) in [5.74, 6) is 0.671. The number of carbonyl (C=O) groups is 1. The summed E-state index contributed by atoms with van der Waals surface area (Å²) in [5, 5.41) is 6.96. The minimum absolute atomic E-state index is 0.124. The van der Waals surface area contributed by atoms with Crippen molar-refractivity contribution in [3.63, 3.8) is 0 Å². The van der Waals surface area contributed by atoms with Gasteiger partial charge in [0.2, 0.25) is 0 Å². The third kappa shape index (κ3) is 5.10. The highest BCUT2D eigenvalue weighted by Crippen LogP contribution is 2.25. The molecule has 0 spiro atoms. The van der Waals surface area contributed by atoms with E-state index in [1.165, 1.54) is 0 Å². The minimum Gasteiger partial charge on any atom is -0.322 e. The number of anilines is 1. The van der Waals surface area contributed by atoms with E-state index >= 15 is 0 Å². The van der Waals surface area contributed by atoms with Gasteiger partial charge in [0.15, 0.2) is 0 Å². The van der Waals surface area contributed by atoms with Crippen LogP contribution in [-0.2, 0) is 5.75 Å². The number of hydrogen-bond acceptors (Lipinski definition) is 5. The van der Waals surface area contributed by atoms with E-state index in [9.17, 15) is 4.79 Å². The second-order valence-corrected chi connectivity index (χ2v) is 8.34. The molecule has 0 atom stereocenters. The zero-order chi connectivity index (χ0) is 20.1. The van der Waals surface area contributed by atoms with Crippen molar-refractivity contribution in [3.05, 3.63) is 95.1 Å². The number of hydrogen-bond donors (Lipinski definition) is 1. The van der Waals surface area contributed by atoms with Crippen LogP contribution in [0, 0.1) is 6.92 Å². The van der Waals surface area contributed by atoms with E-state index in [0.717, 1.165) is 38.3 Å². The summed E-state index contributed by atoms with van der Waals surface area (Å²) >= 11 is 3.28. The average molecular weight is 418 g/mol. The summed E-state index contributed by atoms with van der Waals surface area (Å²) in [6, 6.07) is 21.3. The Hall–Kier alpha value is -2.96. The summed E-state index contributed by atoms with van der Waals surface area (Å²) in [5.41, 5.74) is 4.57. The molecule has 29 heavy (non-hydrogen) atoms. The Bertz CT molecular complexity index is 1110. The molecular weight excluding hydrogens is 398 g/mol. The van der Waals surface area contributed by atoms with Crippen molar-refractivity contribution in [1.82, 2.24) is 9.97 Å². The number of nitrogens with one attached hydrogen (secondary N) is 1. The lowest BCUT2D eigenvalue weighted by Crippen LogP contribution is -2.11. The van der Waals surface area contributed by atoms with Gasteiger partial charge in [-0.25, -0.2) is 9.97 Å². The van der Waals surface area contributed by atoms with Crippen LogP contribution >= 0.6 is 23.1 Å². The largest absolute Gasteiger partial charge is 0.322 e. The van der Waals surface area contributed by atoms with Gasteiger partial charge in [-0.2, -0.15) is 0 Å². The van der Waals surface area contributed by atoms with Gasteiger partial charge in [-0.15, -0.1) is 23.1 Å². The third-order valence-electron chi connectivity index (χ3n) is 4.22. The zero-order valence-electron chi connectivity index (χ0n) is 15.8. The molecule has 0 saturated heterocycles. The van der Waals surface area contributed by atoms with Gasteiger partial charge in [-0.1, -0.05) is 30.3 Å². The van der Waals surface area contributed by atoms with Crippen molar-refractivity contribution >= 4 is 34.7 Å². The highest BCUT2D eigenvalue weighted by atomic mass is 32.2. The van der Waals surface area contributed by atoms with Gasteiger partial charge >= 0.3 is 0 Å². The van der Waals surface area contributed by atoms with Gasteiger partial charge in [0.05, 0.1) is 5.03 Å². The van der Waals surface area contributed by atoms with E-state index in [0.29, 0.717) is 5.56 Å². The molecule has 1 amide bonds. The zero-order valence-corrected chi connectivity index (χ0v) is 17.5. The van der Waals surface area contributed by atoms with E-state index in [2.05, 4.69) is 21.4 Å². The molecule has 0 aliphatic heterocycles. The lowest BCUT2D eigenvalue weighted by Gasteiger charge is -2.08. The van der Waals surface area contributed by atoms with Gasteiger partial charge in [0.25, 0.3) is 5.91 Å². The molecule has 4 aromatic rings. The van der Waals surface area contributed by atoms with E-state index in [4.69, 9.17) is 0 Å². The number of thioether (sulfide) groups is 1. The summed E-state index contributed by atoms with van der Waals surface area (Å²) < 4.78 is 0. The van der Waals surface area contributed by atoms with Crippen LogP contribution in [-0.4, -0.2) is 15.9 Å². The van der Waals surface area contributed by atoms with Crippen LogP contribution < -0.4 is 5.32 Å². The van der Waals surface area contributed by atoms with E-state index in [1.54, 1.807) is 29.3 Å². The summed E-state index contributed by atoms with van der Waals surface area (Å²) in [6.07, 6.45) is 1.79. The second-order valence-electron chi connectivity index (χ2n) is 6.48. The molecule has 4 rings (SSSR count). The Morgan fingerprint density at radius 1 is 1.07 bits per heavy atom. The quantitative estimate of drug-likeness (QED) is 0.388. The second kappa shape index (κ2) is 9.03. The van der Waals surface area contributed by atoms with Crippen LogP contribution in [0.2, 0.25) is 0 Å². The highest BCUT2D eigenvalue weighted by molar-refractivity contribution is 7.98. The van der Waals surface area contributed by atoms with Crippen LogP contribution in [0.1, 0.15) is 21.6 Å². The molecule has 0 unspecified atom stereocenters. The maximum absolute atomic E-state index is 12.6.